The molecule has 0 radical (unpaired) electrons. The van der Waals surface area contributed by atoms with Crippen LogP contribution in [0.2, 0.25) is 0 Å². The van der Waals surface area contributed by atoms with Gasteiger partial charge in [0.15, 0.2) is 0 Å². The summed E-state index contributed by atoms with van der Waals surface area (Å²) in [6.07, 6.45) is 5.69. The Morgan fingerprint density at radius 3 is 2.67 bits per heavy atom. The summed E-state index contributed by atoms with van der Waals surface area (Å²) in [5, 5.41) is 3.54. The normalized spacial score (nSPS) is 32.2. The summed E-state index contributed by atoms with van der Waals surface area (Å²) in [5.41, 5.74) is 7.98. The Balaban J connectivity index is 1.68. The molecule has 1 nitrogen and oxygen atoms in total. The Bertz CT molecular complexity index is 561. The van der Waals surface area contributed by atoms with Gasteiger partial charge in [0.25, 0.3) is 0 Å². The zero-order valence-electron chi connectivity index (χ0n) is 10.5. The predicted molar refractivity (Wildman–Crippen MR) is 77.7 cm³/mol. The Morgan fingerprint density at radius 1 is 1.11 bits per heavy atom. The minimum absolute atomic E-state index is 0.264. The summed E-state index contributed by atoms with van der Waals surface area (Å²) in [5.74, 6) is 2.63. The second-order valence-corrected chi connectivity index (χ2v) is 6.82. The fourth-order valence-corrected chi connectivity index (χ4v) is 5.03. The minimum atomic E-state index is 0.264. The van der Waals surface area contributed by atoms with Crippen LogP contribution in [-0.4, -0.2) is 0 Å². The Labute approximate surface area is 112 Å². The van der Waals surface area contributed by atoms with Crippen LogP contribution < -0.4 is 5.73 Å². The molecule has 0 amide bonds. The molecule has 0 aliphatic heterocycles. The molecular weight excluding hydrogens is 238 g/mol. The first-order chi connectivity index (χ1) is 8.86. The highest BCUT2D eigenvalue weighted by molar-refractivity contribution is 7.17. The first-order valence-corrected chi connectivity index (χ1v) is 7.96. The van der Waals surface area contributed by atoms with E-state index in [2.05, 4.69) is 29.6 Å². The van der Waals surface area contributed by atoms with Crippen molar-refractivity contribution in [2.24, 2.45) is 23.5 Å². The molecule has 1 heterocycles. The van der Waals surface area contributed by atoms with Crippen molar-refractivity contribution in [2.75, 3.05) is 0 Å². The summed E-state index contributed by atoms with van der Waals surface area (Å²) in [7, 11) is 0. The third-order valence-electron chi connectivity index (χ3n) is 5.01. The lowest BCUT2D eigenvalue weighted by Gasteiger charge is -2.13. The molecule has 0 bridgehead atoms. The quantitative estimate of drug-likeness (QED) is 0.851. The number of hydrogen-bond donors (Lipinski definition) is 1. The van der Waals surface area contributed by atoms with Gasteiger partial charge in [0.05, 0.1) is 0 Å². The molecule has 1 aromatic carbocycles. The highest BCUT2D eigenvalue weighted by Gasteiger charge is 2.53. The molecule has 2 aliphatic carbocycles. The van der Waals surface area contributed by atoms with E-state index in [4.69, 9.17) is 5.73 Å². The highest BCUT2D eigenvalue weighted by atomic mass is 32.1. The van der Waals surface area contributed by atoms with E-state index in [1.165, 1.54) is 41.3 Å². The number of nitrogens with two attached hydrogens (primary N) is 1. The van der Waals surface area contributed by atoms with E-state index in [-0.39, 0.29) is 6.04 Å². The van der Waals surface area contributed by atoms with E-state index in [0.29, 0.717) is 0 Å². The number of hydrogen-bond acceptors (Lipinski definition) is 2. The SMILES string of the molecule is NC(c1cccc2ccsc12)C1C2CCCCC21. The molecule has 2 heteroatoms. The maximum atomic E-state index is 6.59. The van der Waals surface area contributed by atoms with Crippen LogP contribution >= 0.6 is 11.3 Å². The first kappa shape index (κ1) is 11.0. The number of fused-ring (bicyclic) bond motifs is 2. The summed E-state index contributed by atoms with van der Waals surface area (Å²) in [4.78, 5) is 0. The van der Waals surface area contributed by atoms with Crippen LogP contribution in [0.5, 0.6) is 0 Å². The lowest BCUT2D eigenvalue weighted by Crippen LogP contribution is -2.14. The van der Waals surface area contributed by atoms with Crippen LogP contribution in [0.4, 0.5) is 0 Å². The fraction of sp³-hybridized carbons (Fsp3) is 0.500. The molecule has 2 aliphatic rings. The van der Waals surface area contributed by atoms with E-state index < -0.39 is 0 Å². The smallest absolute Gasteiger partial charge is 0.0390 e. The molecule has 3 atom stereocenters. The average Bonchev–Trinajstić information content (AvgIpc) is 2.93. The van der Waals surface area contributed by atoms with E-state index in [9.17, 15) is 0 Å². The van der Waals surface area contributed by atoms with Crippen molar-refractivity contribution in [3.8, 4) is 0 Å². The Hall–Kier alpha value is -0.860. The van der Waals surface area contributed by atoms with Gasteiger partial charge in [-0.1, -0.05) is 31.0 Å². The molecule has 94 valence electrons. The fourth-order valence-electron chi connectivity index (χ4n) is 4.07. The van der Waals surface area contributed by atoms with Crippen molar-refractivity contribution in [3.05, 3.63) is 35.2 Å². The molecule has 2 aromatic rings. The standard InChI is InChI=1S/C16H19NS/c17-15(14-11-5-1-2-6-12(11)14)13-7-3-4-10-8-9-18-16(10)13/h3-4,7-9,11-12,14-15H,1-2,5-6,17H2. The van der Waals surface area contributed by atoms with Crippen LogP contribution in [0.25, 0.3) is 10.1 Å². The molecule has 0 spiro atoms. The Morgan fingerprint density at radius 2 is 1.89 bits per heavy atom. The van der Waals surface area contributed by atoms with Crippen molar-refractivity contribution in [3.63, 3.8) is 0 Å². The summed E-state index contributed by atoms with van der Waals surface area (Å²) < 4.78 is 1.41. The van der Waals surface area contributed by atoms with Crippen molar-refractivity contribution in [1.82, 2.24) is 0 Å². The van der Waals surface area contributed by atoms with Crippen LogP contribution in [0.15, 0.2) is 29.6 Å². The second kappa shape index (κ2) is 4.07. The van der Waals surface area contributed by atoms with Crippen LogP contribution in [0.3, 0.4) is 0 Å². The van der Waals surface area contributed by atoms with E-state index in [1.54, 1.807) is 0 Å². The van der Waals surface area contributed by atoms with Crippen molar-refractivity contribution < 1.29 is 0 Å². The van der Waals surface area contributed by atoms with Crippen molar-refractivity contribution in [1.29, 1.82) is 0 Å². The monoisotopic (exact) mass is 257 g/mol. The summed E-state index contributed by atoms with van der Waals surface area (Å²) in [6.45, 7) is 0. The third kappa shape index (κ3) is 1.55. The van der Waals surface area contributed by atoms with Gasteiger partial charge in [-0.15, -0.1) is 11.3 Å². The third-order valence-corrected chi connectivity index (χ3v) is 5.99. The molecule has 2 N–H and O–H groups in total. The van der Waals surface area contributed by atoms with E-state index in [1.807, 2.05) is 11.3 Å². The van der Waals surface area contributed by atoms with Gasteiger partial charge in [-0.05, 0) is 53.0 Å². The van der Waals surface area contributed by atoms with Gasteiger partial charge >= 0.3 is 0 Å². The van der Waals surface area contributed by atoms with Crippen molar-refractivity contribution in [2.45, 2.75) is 31.7 Å². The van der Waals surface area contributed by atoms with Gasteiger partial charge in [0.1, 0.15) is 0 Å². The first-order valence-electron chi connectivity index (χ1n) is 7.08. The van der Waals surface area contributed by atoms with Gasteiger partial charge < -0.3 is 5.73 Å². The minimum Gasteiger partial charge on any atom is -0.324 e. The number of benzene rings is 1. The second-order valence-electron chi connectivity index (χ2n) is 5.90. The van der Waals surface area contributed by atoms with Gasteiger partial charge in [0, 0.05) is 10.7 Å². The molecule has 2 fully saturated rings. The average molecular weight is 257 g/mol. The summed E-state index contributed by atoms with van der Waals surface area (Å²) >= 11 is 1.84. The lowest BCUT2D eigenvalue weighted by molar-refractivity contribution is 0.480. The lowest BCUT2D eigenvalue weighted by atomic mass is 9.99. The molecule has 1 aromatic heterocycles. The number of thiophene rings is 1. The largest absolute Gasteiger partial charge is 0.324 e. The summed E-state index contributed by atoms with van der Waals surface area (Å²) in [6, 6.07) is 9.07. The topological polar surface area (TPSA) is 26.0 Å². The highest BCUT2D eigenvalue weighted by Crippen LogP contribution is 2.60. The molecule has 2 saturated carbocycles. The molecule has 0 saturated heterocycles. The van der Waals surface area contributed by atoms with E-state index >= 15 is 0 Å². The molecule has 3 unspecified atom stereocenters. The molecular formula is C16H19NS. The maximum Gasteiger partial charge on any atom is 0.0390 e. The van der Waals surface area contributed by atoms with Gasteiger partial charge in [-0.3, -0.25) is 0 Å². The predicted octanol–water partition coefficient (Wildman–Crippen LogP) is 4.34. The van der Waals surface area contributed by atoms with E-state index in [0.717, 1.165) is 17.8 Å². The van der Waals surface area contributed by atoms with Gasteiger partial charge in [0.2, 0.25) is 0 Å². The Kier molecular flexibility index (Phi) is 2.49. The molecule has 4 rings (SSSR count). The van der Waals surface area contributed by atoms with Crippen LogP contribution in [-0.2, 0) is 0 Å². The zero-order valence-corrected chi connectivity index (χ0v) is 11.3. The van der Waals surface area contributed by atoms with Gasteiger partial charge in [-0.25, -0.2) is 0 Å². The van der Waals surface area contributed by atoms with Crippen LogP contribution in [0, 0.1) is 17.8 Å². The van der Waals surface area contributed by atoms with Crippen molar-refractivity contribution >= 4 is 21.4 Å². The molecule has 18 heavy (non-hydrogen) atoms. The van der Waals surface area contributed by atoms with Crippen LogP contribution in [0.1, 0.15) is 37.3 Å². The zero-order chi connectivity index (χ0) is 12.1. The van der Waals surface area contributed by atoms with Gasteiger partial charge in [-0.2, -0.15) is 0 Å². The number of rotatable bonds is 2. The maximum absolute atomic E-state index is 6.59.